The summed E-state index contributed by atoms with van der Waals surface area (Å²) in [5.74, 6) is 0.892. The van der Waals surface area contributed by atoms with Crippen molar-refractivity contribution in [3.05, 3.63) is 0 Å². The maximum atomic E-state index is 9.49. The molecule has 0 aromatic carbocycles. The summed E-state index contributed by atoms with van der Waals surface area (Å²) in [5.41, 5.74) is 0. The van der Waals surface area contributed by atoms with Gasteiger partial charge in [-0.25, -0.2) is 0 Å². The van der Waals surface area contributed by atoms with Crippen LogP contribution in [0.4, 0.5) is 0 Å². The zero-order chi connectivity index (χ0) is 9.72. The second-order valence-corrected chi connectivity index (χ2v) is 4.39. The van der Waals surface area contributed by atoms with Crippen LogP contribution in [-0.2, 0) is 0 Å². The Morgan fingerprint density at radius 3 is 1.17 bits per heavy atom. The summed E-state index contributed by atoms with van der Waals surface area (Å²) in [5, 5.41) is 19.0. The summed E-state index contributed by atoms with van der Waals surface area (Å²) in [6.45, 7) is 8.19. The monoisotopic (exact) mass is 174 g/mol. The van der Waals surface area contributed by atoms with Crippen LogP contribution in [0.2, 0.25) is 0 Å². The van der Waals surface area contributed by atoms with Gasteiger partial charge in [-0.1, -0.05) is 27.7 Å². The lowest BCUT2D eigenvalue weighted by molar-refractivity contribution is -0.00333. The van der Waals surface area contributed by atoms with Gasteiger partial charge in [-0.2, -0.15) is 0 Å². The highest BCUT2D eigenvalue weighted by atomic mass is 16.3. The number of rotatable bonds is 5. The second kappa shape index (κ2) is 5.55. The van der Waals surface area contributed by atoms with Gasteiger partial charge in [0.15, 0.2) is 0 Å². The Balaban J connectivity index is 3.68. The molecule has 0 aliphatic carbocycles. The summed E-state index contributed by atoms with van der Waals surface area (Å²) >= 11 is 0. The lowest BCUT2D eigenvalue weighted by Gasteiger charge is -2.20. The SMILES string of the molecule is CC(C)C[C@H](O)[C@@H](O)CC(C)C. The van der Waals surface area contributed by atoms with E-state index in [-0.39, 0.29) is 0 Å². The molecule has 0 aromatic rings. The molecule has 0 heterocycles. The van der Waals surface area contributed by atoms with E-state index in [0.717, 1.165) is 0 Å². The first-order chi connectivity index (χ1) is 5.43. The van der Waals surface area contributed by atoms with Crippen LogP contribution in [-0.4, -0.2) is 22.4 Å². The third-order valence-corrected chi connectivity index (χ3v) is 1.87. The molecule has 0 spiro atoms. The minimum atomic E-state index is -0.549. The molecule has 0 unspecified atom stereocenters. The van der Waals surface area contributed by atoms with Crippen molar-refractivity contribution in [2.24, 2.45) is 11.8 Å². The van der Waals surface area contributed by atoms with E-state index in [0.29, 0.717) is 24.7 Å². The number of hydrogen-bond acceptors (Lipinski definition) is 2. The number of hydrogen-bond donors (Lipinski definition) is 2. The third-order valence-electron chi connectivity index (χ3n) is 1.87. The summed E-state index contributed by atoms with van der Waals surface area (Å²) < 4.78 is 0. The maximum absolute atomic E-state index is 9.49. The molecule has 2 nitrogen and oxygen atoms in total. The highest BCUT2D eigenvalue weighted by Gasteiger charge is 2.18. The Morgan fingerprint density at radius 2 is 1.00 bits per heavy atom. The Bertz CT molecular complexity index is 96.4. The van der Waals surface area contributed by atoms with Crippen LogP contribution in [0.3, 0.4) is 0 Å². The molecule has 0 aliphatic rings. The lowest BCUT2D eigenvalue weighted by Crippen LogP contribution is -2.28. The van der Waals surface area contributed by atoms with Crippen molar-refractivity contribution in [1.82, 2.24) is 0 Å². The zero-order valence-electron chi connectivity index (χ0n) is 8.62. The van der Waals surface area contributed by atoms with Crippen LogP contribution < -0.4 is 0 Å². The second-order valence-electron chi connectivity index (χ2n) is 4.39. The van der Waals surface area contributed by atoms with E-state index >= 15 is 0 Å². The molecule has 2 heteroatoms. The molecule has 0 saturated heterocycles. The van der Waals surface area contributed by atoms with Crippen molar-refractivity contribution in [3.8, 4) is 0 Å². The van der Waals surface area contributed by atoms with Crippen molar-refractivity contribution >= 4 is 0 Å². The fraction of sp³-hybridized carbons (Fsp3) is 1.00. The van der Waals surface area contributed by atoms with Gasteiger partial charge in [0.1, 0.15) is 0 Å². The van der Waals surface area contributed by atoms with E-state index in [2.05, 4.69) is 0 Å². The van der Waals surface area contributed by atoms with Crippen LogP contribution in [0.25, 0.3) is 0 Å². The highest BCUT2D eigenvalue weighted by Crippen LogP contribution is 2.13. The molecule has 0 aliphatic heterocycles. The van der Waals surface area contributed by atoms with Crippen molar-refractivity contribution in [2.45, 2.75) is 52.7 Å². The predicted octanol–water partition coefficient (Wildman–Crippen LogP) is 1.80. The van der Waals surface area contributed by atoms with E-state index in [1.54, 1.807) is 0 Å². The Morgan fingerprint density at radius 1 is 0.750 bits per heavy atom. The normalized spacial score (nSPS) is 17.0. The highest BCUT2D eigenvalue weighted by molar-refractivity contribution is 4.69. The van der Waals surface area contributed by atoms with Gasteiger partial charge in [0.2, 0.25) is 0 Å². The van der Waals surface area contributed by atoms with Gasteiger partial charge < -0.3 is 10.2 Å². The summed E-state index contributed by atoms with van der Waals surface area (Å²) in [4.78, 5) is 0. The zero-order valence-corrected chi connectivity index (χ0v) is 8.62. The molecular weight excluding hydrogens is 152 g/mol. The molecule has 74 valence electrons. The van der Waals surface area contributed by atoms with Crippen LogP contribution in [0.5, 0.6) is 0 Å². The molecule has 0 rings (SSSR count). The first-order valence-electron chi connectivity index (χ1n) is 4.79. The third kappa shape index (κ3) is 5.56. The summed E-state index contributed by atoms with van der Waals surface area (Å²) in [6.07, 6.45) is 0.279. The fourth-order valence-electron chi connectivity index (χ4n) is 1.28. The molecule has 2 N–H and O–H groups in total. The smallest absolute Gasteiger partial charge is 0.0801 e. The van der Waals surface area contributed by atoms with Gasteiger partial charge in [0.05, 0.1) is 12.2 Å². The molecule has 0 aromatic heterocycles. The van der Waals surface area contributed by atoms with Gasteiger partial charge >= 0.3 is 0 Å². The topological polar surface area (TPSA) is 40.5 Å². The molecule has 0 amide bonds. The van der Waals surface area contributed by atoms with Crippen molar-refractivity contribution < 1.29 is 10.2 Å². The van der Waals surface area contributed by atoms with Gasteiger partial charge in [0.25, 0.3) is 0 Å². The molecular formula is C10H22O2. The molecule has 0 saturated carbocycles. The minimum absolute atomic E-state index is 0.446. The van der Waals surface area contributed by atoms with Crippen LogP contribution in [0.1, 0.15) is 40.5 Å². The molecule has 0 radical (unpaired) electrons. The van der Waals surface area contributed by atoms with Gasteiger partial charge in [-0.15, -0.1) is 0 Å². The number of aliphatic hydroxyl groups excluding tert-OH is 2. The van der Waals surface area contributed by atoms with E-state index in [4.69, 9.17) is 0 Å². The Labute approximate surface area is 75.6 Å². The van der Waals surface area contributed by atoms with E-state index in [1.807, 2.05) is 27.7 Å². The van der Waals surface area contributed by atoms with E-state index in [9.17, 15) is 10.2 Å². The van der Waals surface area contributed by atoms with Gasteiger partial charge in [-0.3, -0.25) is 0 Å². The molecule has 2 atom stereocenters. The molecule has 12 heavy (non-hydrogen) atoms. The fourth-order valence-corrected chi connectivity index (χ4v) is 1.28. The largest absolute Gasteiger partial charge is 0.390 e. The molecule has 0 fully saturated rings. The van der Waals surface area contributed by atoms with Crippen LogP contribution in [0, 0.1) is 11.8 Å². The van der Waals surface area contributed by atoms with Crippen molar-refractivity contribution in [2.75, 3.05) is 0 Å². The minimum Gasteiger partial charge on any atom is -0.390 e. The average Bonchev–Trinajstić information content (AvgIpc) is 1.84. The first kappa shape index (κ1) is 11.9. The summed E-state index contributed by atoms with van der Waals surface area (Å²) in [7, 11) is 0. The Hall–Kier alpha value is -0.0800. The van der Waals surface area contributed by atoms with Gasteiger partial charge in [-0.05, 0) is 24.7 Å². The van der Waals surface area contributed by atoms with Gasteiger partial charge in [0, 0.05) is 0 Å². The number of aliphatic hydroxyl groups is 2. The van der Waals surface area contributed by atoms with E-state index < -0.39 is 12.2 Å². The lowest BCUT2D eigenvalue weighted by atomic mass is 9.96. The van der Waals surface area contributed by atoms with Crippen molar-refractivity contribution in [3.63, 3.8) is 0 Å². The quantitative estimate of drug-likeness (QED) is 0.667. The first-order valence-corrected chi connectivity index (χ1v) is 4.79. The van der Waals surface area contributed by atoms with Crippen molar-refractivity contribution in [1.29, 1.82) is 0 Å². The molecule has 0 bridgehead atoms. The average molecular weight is 174 g/mol. The standard InChI is InChI=1S/C10H22O2/c1-7(2)5-9(11)10(12)6-8(3)4/h7-12H,5-6H2,1-4H3/t9-,10-/m0/s1. The van der Waals surface area contributed by atoms with Crippen LogP contribution >= 0.6 is 0 Å². The Kier molecular flexibility index (Phi) is 5.51. The van der Waals surface area contributed by atoms with Crippen LogP contribution in [0.15, 0.2) is 0 Å². The summed E-state index contributed by atoms with van der Waals surface area (Å²) in [6, 6.07) is 0. The predicted molar refractivity (Wildman–Crippen MR) is 50.9 cm³/mol. The van der Waals surface area contributed by atoms with E-state index in [1.165, 1.54) is 0 Å². The maximum Gasteiger partial charge on any atom is 0.0801 e.